The van der Waals surface area contributed by atoms with Crippen LogP contribution in [0.1, 0.15) is 38.3 Å². The monoisotopic (exact) mass is 402 g/mol. The van der Waals surface area contributed by atoms with E-state index in [9.17, 15) is 9.36 Å². The average Bonchev–Trinajstić information content (AvgIpc) is 2.71. The number of benzene rings is 2. The van der Waals surface area contributed by atoms with Crippen LogP contribution in [0.25, 0.3) is 0 Å². The fourth-order valence-electron chi connectivity index (χ4n) is 2.74. The predicted molar refractivity (Wildman–Crippen MR) is 112 cm³/mol. The van der Waals surface area contributed by atoms with Crippen molar-refractivity contribution in [1.29, 1.82) is 0 Å². The van der Waals surface area contributed by atoms with Crippen molar-refractivity contribution < 1.29 is 18.4 Å². The summed E-state index contributed by atoms with van der Waals surface area (Å²) >= 11 is 0. The van der Waals surface area contributed by atoms with Crippen LogP contribution in [0.3, 0.4) is 0 Å². The lowest BCUT2D eigenvalue weighted by molar-refractivity contribution is 0.180. The summed E-state index contributed by atoms with van der Waals surface area (Å²) in [5.41, 5.74) is 1.80. The Bertz CT molecular complexity index is 704. The van der Waals surface area contributed by atoms with Crippen molar-refractivity contribution in [3.63, 3.8) is 0 Å². The zero-order valence-electron chi connectivity index (χ0n) is 16.7. The molecule has 28 heavy (non-hydrogen) atoms. The van der Waals surface area contributed by atoms with E-state index in [1.165, 1.54) is 0 Å². The highest BCUT2D eigenvalue weighted by Gasteiger charge is 2.34. The third kappa shape index (κ3) is 7.33. The van der Waals surface area contributed by atoms with Crippen LogP contribution in [-0.2, 0) is 31.6 Å². The summed E-state index contributed by atoms with van der Waals surface area (Å²) in [6.07, 6.45) is 2.59. The Morgan fingerprint density at radius 3 is 1.75 bits per heavy atom. The molecule has 0 aliphatic carbocycles. The van der Waals surface area contributed by atoms with E-state index in [0.29, 0.717) is 12.3 Å². The van der Waals surface area contributed by atoms with E-state index in [2.05, 4.69) is 5.32 Å². The molecule has 6 heteroatoms. The van der Waals surface area contributed by atoms with Crippen LogP contribution in [0.2, 0.25) is 0 Å². The van der Waals surface area contributed by atoms with Gasteiger partial charge >= 0.3 is 7.60 Å². The Morgan fingerprint density at radius 2 is 1.36 bits per heavy atom. The smallest absolute Gasteiger partial charge is 0.303 e. The fourth-order valence-corrected chi connectivity index (χ4v) is 4.28. The third-order valence-corrected chi connectivity index (χ3v) is 6.35. The second-order valence-electron chi connectivity index (χ2n) is 7.20. The molecule has 0 spiro atoms. The van der Waals surface area contributed by atoms with Gasteiger partial charge < -0.3 is 9.05 Å². The van der Waals surface area contributed by atoms with E-state index in [4.69, 9.17) is 9.05 Å². The minimum absolute atomic E-state index is 0.165. The van der Waals surface area contributed by atoms with Gasteiger partial charge in [-0.05, 0) is 30.4 Å². The van der Waals surface area contributed by atoms with Crippen LogP contribution in [-0.4, -0.2) is 18.1 Å². The first kappa shape index (κ1) is 22.5. The second kappa shape index (κ2) is 11.3. The van der Waals surface area contributed by atoms with Gasteiger partial charge in [0.05, 0.1) is 19.3 Å². The fraction of sp³-hybridized carbons (Fsp3) is 0.409. The summed E-state index contributed by atoms with van der Waals surface area (Å²) in [5.74, 6) is -0.342. The highest BCUT2D eigenvalue weighted by atomic mass is 31.2. The number of hydrogen-bond donors (Lipinski definition) is 1. The summed E-state index contributed by atoms with van der Waals surface area (Å²) in [6.45, 7) is 6.10. The highest BCUT2D eigenvalue weighted by molar-refractivity contribution is 7.54. The van der Waals surface area contributed by atoms with E-state index in [0.717, 1.165) is 11.1 Å². The SMILES string of the molecule is CC(C)C[C@@H]([C]=O)N[C@H](C)P(=O)(OCc1ccccc1)OCc1ccccc1. The van der Waals surface area contributed by atoms with Gasteiger partial charge in [0.2, 0.25) is 6.29 Å². The van der Waals surface area contributed by atoms with E-state index in [1.807, 2.05) is 80.8 Å². The molecule has 0 bridgehead atoms. The lowest BCUT2D eigenvalue weighted by Crippen LogP contribution is -2.39. The number of nitrogens with one attached hydrogen (secondary N) is 1. The molecule has 0 unspecified atom stereocenters. The normalized spacial score (nSPS) is 14.0. The quantitative estimate of drug-likeness (QED) is 0.502. The summed E-state index contributed by atoms with van der Waals surface area (Å²) in [6, 6.07) is 18.5. The van der Waals surface area contributed by atoms with E-state index < -0.39 is 19.4 Å². The first-order valence-corrected chi connectivity index (χ1v) is 11.1. The number of rotatable bonds is 12. The van der Waals surface area contributed by atoms with Crippen LogP contribution in [0.4, 0.5) is 0 Å². The molecular formula is C22H29NO4P. The molecular weight excluding hydrogens is 373 g/mol. The molecule has 0 heterocycles. The molecule has 0 amide bonds. The Balaban J connectivity index is 2.10. The minimum atomic E-state index is -3.54. The topological polar surface area (TPSA) is 64.6 Å². The summed E-state index contributed by atoms with van der Waals surface area (Å²) in [7, 11) is -3.54. The van der Waals surface area contributed by atoms with Gasteiger partial charge in [0.1, 0.15) is 5.78 Å². The molecule has 0 saturated heterocycles. The molecule has 0 saturated carbocycles. The van der Waals surface area contributed by atoms with Crippen molar-refractivity contribution in [2.75, 3.05) is 0 Å². The molecule has 2 atom stereocenters. The van der Waals surface area contributed by atoms with Gasteiger partial charge in [-0.25, -0.2) is 0 Å². The van der Waals surface area contributed by atoms with Gasteiger partial charge in [-0.3, -0.25) is 14.7 Å². The lowest BCUT2D eigenvalue weighted by Gasteiger charge is -2.27. The summed E-state index contributed by atoms with van der Waals surface area (Å²) in [5, 5.41) is 3.07. The first-order chi connectivity index (χ1) is 13.4. The Kier molecular flexibility index (Phi) is 9.07. The zero-order chi connectivity index (χ0) is 20.4. The summed E-state index contributed by atoms with van der Waals surface area (Å²) < 4.78 is 25.1. The average molecular weight is 402 g/mol. The molecule has 1 radical (unpaired) electrons. The lowest BCUT2D eigenvalue weighted by atomic mass is 10.1. The first-order valence-electron chi connectivity index (χ1n) is 9.53. The summed E-state index contributed by atoms with van der Waals surface area (Å²) in [4.78, 5) is 11.3. The second-order valence-corrected chi connectivity index (χ2v) is 9.57. The molecule has 2 aromatic carbocycles. The van der Waals surface area contributed by atoms with Gasteiger partial charge in [0.25, 0.3) is 0 Å². The minimum Gasteiger partial charge on any atom is -0.303 e. The maximum absolute atomic E-state index is 13.6. The van der Waals surface area contributed by atoms with Crippen molar-refractivity contribution in [1.82, 2.24) is 5.32 Å². The number of hydrogen-bond acceptors (Lipinski definition) is 5. The van der Waals surface area contributed by atoms with Crippen molar-refractivity contribution in [2.45, 2.75) is 52.2 Å². The number of carbonyl (C=O) groups excluding carboxylic acids is 1. The predicted octanol–water partition coefficient (Wildman–Crippen LogP) is 5.07. The molecule has 0 aliphatic rings. The van der Waals surface area contributed by atoms with Gasteiger partial charge in [-0.15, -0.1) is 0 Å². The molecule has 0 aliphatic heterocycles. The van der Waals surface area contributed by atoms with Gasteiger partial charge in [-0.2, -0.15) is 0 Å². The molecule has 0 fully saturated rings. The van der Waals surface area contributed by atoms with Gasteiger partial charge in [0, 0.05) is 0 Å². The van der Waals surface area contributed by atoms with Crippen LogP contribution in [0.15, 0.2) is 60.7 Å². The van der Waals surface area contributed by atoms with Crippen molar-refractivity contribution in [3.8, 4) is 0 Å². The molecule has 151 valence electrons. The van der Waals surface area contributed by atoms with E-state index in [1.54, 1.807) is 6.92 Å². The van der Waals surface area contributed by atoms with E-state index >= 15 is 0 Å². The maximum atomic E-state index is 13.6. The van der Waals surface area contributed by atoms with Crippen LogP contribution < -0.4 is 5.32 Å². The Hall–Kier alpha value is -1.78. The van der Waals surface area contributed by atoms with Crippen molar-refractivity contribution in [3.05, 3.63) is 71.8 Å². The molecule has 2 rings (SSSR count). The van der Waals surface area contributed by atoms with Crippen LogP contribution in [0.5, 0.6) is 0 Å². The van der Waals surface area contributed by atoms with Gasteiger partial charge in [0.15, 0.2) is 0 Å². The van der Waals surface area contributed by atoms with Crippen molar-refractivity contribution in [2.24, 2.45) is 5.92 Å². The Labute approximate surface area is 168 Å². The van der Waals surface area contributed by atoms with E-state index in [-0.39, 0.29) is 13.2 Å². The standard InChI is InChI=1S/C22H29NO4P/c1-18(2)14-22(15-24)23-19(3)28(25,26-16-20-10-6-4-7-11-20)27-17-21-12-8-5-9-13-21/h4-13,18-19,22-23H,14,16-17H2,1-3H3/t19-,22-/m0/s1. The van der Waals surface area contributed by atoms with Gasteiger partial charge in [-0.1, -0.05) is 74.5 Å². The maximum Gasteiger partial charge on any atom is 0.347 e. The Morgan fingerprint density at radius 1 is 0.893 bits per heavy atom. The molecule has 2 aromatic rings. The van der Waals surface area contributed by atoms with Crippen LogP contribution in [0, 0.1) is 5.92 Å². The highest BCUT2D eigenvalue weighted by Crippen LogP contribution is 2.53. The van der Waals surface area contributed by atoms with Crippen molar-refractivity contribution >= 4 is 13.9 Å². The molecule has 1 N–H and O–H groups in total. The third-order valence-electron chi connectivity index (χ3n) is 4.27. The van der Waals surface area contributed by atoms with Crippen LogP contribution >= 0.6 is 7.60 Å². The largest absolute Gasteiger partial charge is 0.347 e. The molecule has 0 aromatic heterocycles. The zero-order valence-corrected chi connectivity index (χ0v) is 17.6. The molecule has 5 nitrogen and oxygen atoms in total.